The van der Waals surface area contributed by atoms with E-state index in [-0.39, 0.29) is 0 Å². The number of terminal acetylenes is 1. The molecule has 0 bridgehead atoms. The zero-order chi connectivity index (χ0) is 7.56. The van der Waals surface area contributed by atoms with Crippen LogP contribution in [0.4, 0.5) is 0 Å². The average molecular weight is 152 g/mol. The third-order valence-corrected chi connectivity index (χ3v) is 1.41. The van der Waals surface area contributed by atoms with Gasteiger partial charge in [-0.1, -0.05) is 17.7 Å². The minimum Gasteiger partial charge on any atom is -0.227 e. The molecule has 0 aliphatic heterocycles. The maximum absolute atomic E-state index is 5.59. The van der Waals surface area contributed by atoms with Crippen molar-refractivity contribution in [2.75, 3.05) is 0 Å². The highest BCUT2D eigenvalue weighted by Gasteiger charge is 1.95. The van der Waals surface area contributed by atoms with Gasteiger partial charge in [-0.15, -0.1) is 6.42 Å². The highest BCUT2D eigenvalue weighted by molar-refractivity contribution is 6.29. The van der Waals surface area contributed by atoms with E-state index >= 15 is 0 Å². The molecule has 0 fully saturated rings. The fourth-order valence-corrected chi connectivity index (χ4v) is 0.799. The summed E-state index contributed by atoms with van der Waals surface area (Å²) in [7, 11) is 0. The lowest BCUT2D eigenvalue weighted by atomic mass is 10.2. The highest BCUT2D eigenvalue weighted by Crippen LogP contribution is 2.08. The predicted molar refractivity (Wildman–Crippen MR) is 41.9 cm³/mol. The van der Waals surface area contributed by atoms with Gasteiger partial charge in [0.25, 0.3) is 0 Å². The number of aryl methyl sites for hydroxylation is 1. The number of nitrogens with zero attached hydrogens (tertiary/aromatic N) is 1. The first-order chi connectivity index (χ1) is 4.74. The van der Waals surface area contributed by atoms with Gasteiger partial charge in [0.15, 0.2) is 0 Å². The molecule has 0 radical (unpaired) electrons. The molecule has 0 unspecified atom stereocenters. The molecule has 1 aromatic heterocycles. The Kier molecular flexibility index (Phi) is 1.94. The van der Waals surface area contributed by atoms with Crippen LogP contribution in [0.5, 0.6) is 0 Å². The molecule has 1 heterocycles. The summed E-state index contributed by atoms with van der Waals surface area (Å²) >= 11 is 5.59. The van der Waals surface area contributed by atoms with Crippen molar-refractivity contribution in [3.05, 3.63) is 28.5 Å². The molecule has 0 saturated carbocycles. The van der Waals surface area contributed by atoms with Gasteiger partial charge in [-0.05, 0) is 24.5 Å². The van der Waals surface area contributed by atoms with E-state index in [1.54, 1.807) is 6.07 Å². The van der Waals surface area contributed by atoms with Gasteiger partial charge < -0.3 is 0 Å². The Morgan fingerprint density at radius 2 is 2.30 bits per heavy atom. The first kappa shape index (κ1) is 7.11. The Labute approximate surface area is 65.0 Å². The maximum atomic E-state index is 5.59. The van der Waals surface area contributed by atoms with E-state index in [1.165, 1.54) is 0 Å². The maximum Gasteiger partial charge on any atom is 0.130 e. The van der Waals surface area contributed by atoms with E-state index in [1.807, 2.05) is 13.0 Å². The van der Waals surface area contributed by atoms with E-state index in [9.17, 15) is 0 Å². The molecule has 0 amide bonds. The fraction of sp³-hybridized carbons (Fsp3) is 0.125. The Balaban J connectivity index is 3.25. The lowest BCUT2D eigenvalue weighted by molar-refractivity contribution is 1.23. The summed E-state index contributed by atoms with van der Waals surface area (Å²) < 4.78 is 0. The van der Waals surface area contributed by atoms with Gasteiger partial charge in [-0.25, -0.2) is 4.98 Å². The molecule has 1 aromatic rings. The topological polar surface area (TPSA) is 12.9 Å². The van der Waals surface area contributed by atoms with Crippen molar-refractivity contribution in [2.24, 2.45) is 0 Å². The van der Waals surface area contributed by atoms with Crippen LogP contribution in [-0.4, -0.2) is 4.98 Å². The average Bonchev–Trinajstić information content (AvgIpc) is 1.94. The second kappa shape index (κ2) is 2.72. The molecule has 0 saturated heterocycles. The number of hydrogen-bond donors (Lipinski definition) is 0. The van der Waals surface area contributed by atoms with Crippen LogP contribution >= 0.6 is 11.6 Å². The fourth-order valence-electron chi connectivity index (χ4n) is 0.651. The Bertz CT molecular complexity index is 286. The second-order valence-corrected chi connectivity index (χ2v) is 2.33. The van der Waals surface area contributed by atoms with Crippen LogP contribution in [0.15, 0.2) is 12.1 Å². The Hall–Kier alpha value is -1.00. The first-order valence-corrected chi connectivity index (χ1v) is 3.21. The zero-order valence-electron chi connectivity index (χ0n) is 5.56. The summed E-state index contributed by atoms with van der Waals surface area (Å²) in [5.74, 6) is 2.44. The zero-order valence-corrected chi connectivity index (χ0v) is 6.31. The first-order valence-electron chi connectivity index (χ1n) is 2.84. The number of halogens is 1. The van der Waals surface area contributed by atoms with Gasteiger partial charge in [-0.3, -0.25) is 0 Å². The van der Waals surface area contributed by atoms with Crippen molar-refractivity contribution in [2.45, 2.75) is 6.92 Å². The van der Waals surface area contributed by atoms with Crippen LogP contribution < -0.4 is 0 Å². The van der Waals surface area contributed by atoms with Crippen LogP contribution in [0.2, 0.25) is 5.15 Å². The van der Waals surface area contributed by atoms with E-state index in [0.29, 0.717) is 10.8 Å². The van der Waals surface area contributed by atoms with Crippen molar-refractivity contribution in [1.82, 2.24) is 4.98 Å². The predicted octanol–water partition coefficient (Wildman–Crippen LogP) is 2.02. The summed E-state index contributed by atoms with van der Waals surface area (Å²) in [5.41, 5.74) is 1.60. The monoisotopic (exact) mass is 151 g/mol. The van der Waals surface area contributed by atoms with Gasteiger partial charge in [0.05, 0.1) is 0 Å². The summed E-state index contributed by atoms with van der Waals surface area (Å²) in [4.78, 5) is 3.92. The molecular weight excluding hydrogens is 146 g/mol. The van der Waals surface area contributed by atoms with Gasteiger partial charge >= 0.3 is 0 Å². The third-order valence-electron chi connectivity index (χ3n) is 1.20. The molecule has 0 atom stereocenters. The van der Waals surface area contributed by atoms with Crippen LogP contribution in [0.1, 0.15) is 11.3 Å². The van der Waals surface area contributed by atoms with E-state index in [2.05, 4.69) is 10.9 Å². The molecule has 1 rings (SSSR count). The lowest BCUT2D eigenvalue weighted by Gasteiger charge is -1.95. The van der Waals surface area contributed by atoms with Crippen LogP contribution in [0, 0.1) is 19.3 Å². The summed E-state index contributed by atoms with van der Waals surface area (Å²) in [6, 6.07) is 3.57. The minimum atomic E-state index is 0.443. The SMILES string of the molecule is C#Cc1nc(Cl)ccc1C. The van der Waals surface area contributed by atoms with Crippen molar-refractivity contribution < 1.29 is 0 Å². The Morgan fingerprint density at radius 1 is 1.60 bits per heavy atom. The third kappa shape index (κ3) is 1.29. The molecular formula is C8H6ClN. The molecule has 0 spiro atoms. The normalized spacial score (nSPS) is 8.90. The number of rotatable bonds is 0. The Morgan fingerprint density at radius 3 is 2.80 bits per heavy atom. The highest BCUT2D eigenvalue weighted by atomic mass is 35.5. The molecule has 1 nitrogen and oxygen atoms in total. The van der Waals surface area contributed by atoms with E-state index < -0.39 is 0 Å². The number of aromatic nitrogens is 1. The molecule has 0 aromatic carbocycles. The van der Waals surface area contributed by atoms with Crippen molar-refractivity contribution in [1.29, 1.82) is 0 Å². The van der Waals surface area contributed by atoms with Crippen LogP contribution in [-0.2, 0) is 0 Å². The molecule has 0 aliphatic carbocycles. The quantitative estimate of drug-likeness (QED) is 0.409. The number of hydrogen-bond acceptors (Lipinski definition) is 1. The second-order valence-electron chi connectivity index (χ2n) is 1.94. The molecule has 50 valence electrons. The van der Waals surface area contributed by atoms with Gasteiger partial charge in [0, 0.05) is 0 Å². The van der Waals surface area contributed by atoms with Crippen molar-refractivity contribution in [3.8, 4) is 12.3 Å². The van der Waals surface area contributed by atoms with Gasteiger partial charge in [-0.2, -0.15) is 0 Å². The van der Waals surface area contributed by atoms with Crippen molar-refractivity contribution >= 4 is 11.6 Å². The van der Waals surface area contributed by atoms with Crippen LogP contribution in [0.25, 0.3) is 0 Å². The molecule has 10 heavy (non-hydrogen) atoms. The van der Waals surface area contributed by atoms with Crippen molar-refractivity contribution in [3.63, 3.8) is 0 Å². The standard InChI is InChI=1S/C8H6ClN/c1-3-7-6(2)4-5-8(9)10-7/h1,4-5H,2H3. The number of pyridine rings is 1. The van der Waals surface area contributed by atoms with Gasteiger partial charge in [0.2, 0.25) is 0 Å². The summed E-state index contributed by atoms with van der Waals surface area (Å²) in [6.45, 7) is 1.90. The van der Waals surface area contributed by atoms with E-state index in [4.69, 9.17) is 18.0 Å². The summed E-state index contributed by atoms with van der Waals surface area (Å²) in [6.07, 6.45) is 5.15. The lowest BCUT2D eigenvalue weighted by Crippen LogP contribution is -1.86. The molecule has 0 N–H and O–H groups in total. The largest absolute Gasteiger partial charge is 0.227 e. The molecule has 2 heteroatoms. The minimum absolute atomic E-state index is 0.443. The van der Waals surface area contributed by atoms with Crippen LogP contribution in [0.3, 0.4) is 0 Å². The smallest absolute Gasteiger partial charge is 0.130 e. The molecule has 0 aliphatic rings. The van der Waals surface area contributed by atoms with E-state index in [0.717, 1.165) is 5.56 Å². The van der Waals surface area contributed by atoms with Gasteiger partial charge in [0.1, 0.15) is 10.8 Å². The summed E-state index contributed by atoms with van der Waals surface area (Å²) in [5, 5.41) is 0.443.